The predicted octanol–water partition coefficient (Wildman–Crippen LogP) is 2.90. The molecule has 0 aromatic carbocycles. The summed E-state index contributed by atoms with van der Waals surface area (Å²) >= 11 is 3.63. The Kier molecular flexibility index (Phi) is 4.02. The summed E-state index contributed by atoms with van der Waals surface area (Å²) < 4.78 is 1.76. The largest absolute Gasteiger partial charge is 0.299 e. The van der Waals surface area contributed by atoms with E-state index in [0.717, 1.165) is 17.6 Å². The zero-order valence-electron chi connectivity index (χ0n) is 10.3. The summed E-state index contributed by atoms with van der Waals surface area (Å²) in [5.41, 5.74) is 1.12. The Morgan fingerprint density at radius 2 is 2.12 bits per heavy atom. The van der Waals surface area contributed by atoms with Crippen LogP contribution in [0.3, 0.4) is 0 Å². The molecular formula is C13H19BrN2O. The molecule has 1 fully saturated rings. The zero-order valence-corrected chi connectivity index (χ0v) is 11.9. The van der Waals surface area contributed by atoms with Crippen molar-refractivity contribution >= 4 is 15.9 Å². The summed E-state index contributed by atoms with van der Waals surface area (Å²) in [6.45, 7) is 2.65. The first-order valence-electron chi connectivity index (χ1n) is 6.24. The molecule has 1 aliphatic rings. The van der Waals surface area contributed by atoms with E-state index in [1.807, 2.05) is 6.92 Å². The molecule has 0 amide bonds. The predicted molar refractivity (Wildman–Crippen MR) is 72.5 cm³/mol. The number of hydrogen-bond acceptors (Lipinski definition) is 2. The van der Waals surface area contributed by atoms with E-state index in [4.69, 9.17) is 0 Å². The van der Waals surface area contributed by atoms with Crippen LogP contribution >= 0.6 is 15.9 Å². The SMILES string of the molecule is Cc1cc(=O)n(CC2(CBr)CCCCC2)cn1. The minimum Gasteiger partial charge on any atom is -0.299 e. The average Bonchev–Trinajstić information content (AvgIpc) is 2.34. The number of halogens is 1. The third-order valence-electron chi connectivity index (χ3n) is 3.72. The first-order valence-corrected chi connectivity index (χ1v) is 7.36. The lowest BCUT2D eigenvalue weighted by molar-refractivity contribution is 0.188. The molecule has 1 saturated carbocycles. The van der Waals surface area contributed by atoms with Crippen molar-refractivity contribution in [2.45, 2.75) is 45.6 Å². The van der Waals surface area contributed by atoms with E-state index < -0.39 is 0 Å². The second kappa shape index (κ2) is 5.34. The summed E-state index contributed by atoms with van der Waals surface area (Å²) in [7, 11) is 0. The number of aromatic nitrogens is 2. The number of aryl methyl sites for hydroxylation is 1. The van der Waals surface area contributed by atoms with Gasteiger partial charge >= 0.3 is 0 Å². The molecule has 17 heavy (non-hydrogen) atoms. The third kappa shape index (κ3) is 2.97. The molecule has 3 nitrogen and oxygen atoms in total. The Balaban J connectivity index is 2.20. The Morgan fingerprint density at radius 3 is 2.71 bits per heavy atom. The van der Waals surface area contributed by atoms with Crippen molar-refractivity contribution in [1.82, 2.24) is 9.55 Å². The van der Waals surface area contributed by atoms with Gasteiger partial charge in [-0.2, -0.15) is 0 Å². The molecule has 0 atom stereocenters. The molecule has 0 saturated heterocycles. The van der Waals surface area contributed by atoms with Crippen LogP contribution in [0.15, 0.2) is 17.2 Å². The minimum atomic E-state index is 0.0726. The van der Waals surface area contributed by atoms with Gasteiger partial charge in [0.05, 0.1) is 6.33 Å². The molecular weight excluding hydrogens is 280 g/mol. The van der Waals surface area contributed by atoms with Crippen LogP contribution in [0.4, 0.5) is 0 Å². The highest BCUT2D eigenvalue weighted by Crippen LogP contribution is 2.38. The quantitative estimate of drug-likeness (QED) is 0.804. The fourth-order valence-electron chi connectivity index (χ4n) is 2.63. The minimum absolute atomic E-state index is 0.0726. The zero-order chi connectivity index (χ0) is 12.3. The lowest BCUT2D eigenvalue weighted by Gasteiger charge is -2.36. The van der Waals surface area contributed by atoms with Crippen LogP contribution in [0.5, 0.6) is 0 Å². The highest BCUT2D eigenvalue weighted by atomic mass is 79.9. The van der Waals surface area contributed by atoms with Crippen molar-refractivity contribution < 1.29 is 0 Å². The van der Waals surface area contributed by atoms with Crippen LogP contribution < -0.4 is 5.56 Å². The van der Waals surface area contributed by atoms with Crippen molar-refractivity contribution in [2.24, 2.45) is 5.41 Å². The Hall–Kier alpha value is -0.640. The summed E-state index contributed by atoms with van der Waals surface area (Å²) in [6, 6.07) is 1.62. The fourth-order valence-corrected chi connectivity index (χ4v) is 3.37. The molecule has 4 heteroatoms. The van der Waals surface area contributed by atoms with Gasteiger partial charge in [0.2, 0.25) is 0 Å². The molecule has 1 aromatic rings. The van der Waals surface area contributed by atoms with Gasteiger partial charge in [-0.1, -0.05) is 35.2 Å². The van der Waals surface area contributed by atoms with Crippen LogP contribution in [-0.4, -0.2) is 14.9 Å². The van der Waals surface area contributed by atoms with E-state index in [9.17, 15) is 4.79 Å². The van der Waals surface area contributed by atoms with Gasteiger partial charge in [0, 0.05) is 23.6 Å². The molecule has 0 N–H and O–H groups in total. The maximum Gasteiger partial charge on any atom is 0.253 e. The van der Waals surface area contributed by atoms with Gasteiger partial charge in [-0.3, -0.25) is 9.36 Å². The van der Waals surface area contributed by atoms with E-state index in [0.29, 0.717) is 0 Å². The monoisotopic (exact) mass is 298 g/mol. The van der Waals surface area contributed by atoms with Crippen LogP contribution in [0, 0.1) is 12.3 Å². The first-order chi connectivity index (χ1) is 8.15. The number of alkyl halides is 1. The molecule has 1 aliphatic carbocycles. The van der Waals surface area contributed by atoms with Crippen LogP contribution in [0.25, 0.3) is 0 Å². The summed E-state index contributed by atoms with van der Waals surface area (Å²) in [6.07, 6.45) is 7.99. The average molecular weight is 299 g/mol. The molecule has 0 aliphatic heterocycles. The number of hydrogen-bond donors (Lipinski definition) is 0. The highest BCUT2D eigenvalue weighted by Gasteiger charge is 2.31. The maximum atomic E-state index is 11.9. The maximum absolute atomic E-state index is 11.9. The van der Waals surface area contributed by atoms with Crippen LogP contribution in [-0.2, 0) is 6.54 Å². The van der Waals surface area contributed by atoms with Crippen molar-refractivity contribution in [1.29, 1.82) is 0 Å². The number of rotatable bonds is 3. The van der Waals surface area contributed by atoms with E-state index in [1.54, 1.807) is 17.0 Å². The molecule has 1 heterocycles. The highest BCUT2D eigenvalue weighted by molar-refractivity contribution is 9.09. The topological polar surface area (TPSA) is 34.9 Å². The fraction of sp³-hybridized carbons (Fsp3) is 0.692. The Labute approximate surface area is 110 Å². The smallest absolute Gasteiger partial charge is 0.253 e. The lowest BCUT2D eigenvalue weighted by Crippen LogP contribution is -2.35. The normalized spacial score (nSPS) is 19.2. The third-order valence-corrected chi connectivity index (χ3v) is 4.91. The summed E-state index contributed by atoms with van der Waals surface area (Å²) in [5.74, 6) is 0. The van der Waals surface area contributed by atoms with E-state index in [-0.39, 0.29) is 11.0 Å². The van der Waals surface area contributed by atoms with Gasteiger partial charge in [0.25, 0.3) is 5.56 Å². The van der Waals surface area contributed by atoms with Crippen molar-refractivity contribution in [3.8, 4) is 0 Å². The van der Waals surface area contributed by atoms with Gasteiger partial charge in [-0.05, 0) is 25.2 Å². The lowest BCUT2D eigenvalue weighted by atomic mass is 9.75. The second-order valence-electron chi connectivity index (χ2n) is 5.19. The van der Waals surface area contributed by atoms with Crippen molar-refractivity contribution in [3.05, 3.63) is 28.4 Å². The molecule has 0 radical (unpaired) electrons. The van der Waals surface area contributed by atoms with E-state index in [2.05, 4.69) is 20.9 Å². The Morgan fingerprint density at radius 1 is 1.41 bits per heavy atom. The van der Waals surface area contributed by atoms with E-state index >= 15 is 0 Å². The van der Waals surface area contributed by atoms with Gasteiger partial charge in [-0.25, -0.2) is 4.98 Å². The van der Waals surface area contributed by atoms with Crippen LogP contribution in [0.2, 0.25) is 0 Å². The Bertz CT molecular complexity index is 435. The molecule has 94 valence electrons. The molecule has 1 aromatic heterocycles. The number of nitrogens with zero attached hydrogens (tertiary/aromatic N) is 2. The van der Waals surface area contributed by atoms with Crippen molar-refractivity contribution in [2.75, 3.05) is 5.33 Å². The van der Waals surface area contributed by atoms with Crippen LogP contribution in [0.1, 0.15) is 37.8 Å². The van der Waals surface area contributed by atoms with Gasteiger partial charge < -0.3 is 0 Å². The second-order valence-corrected chi connectivity index (χ2v) is 5.75. The van der Waals surface area contributed by atoms with E-state index in [1.165, 1.54) is 32.1 Å². The van der Waals surface area contributed by atoms with Gasteiger partial charge in [0.15, 0.2) is 0 Å². The molecule has 2 rings (SSSR count). The summed E-state index contributed by atoms with van der Waals surface area (Å²) in [4.78, 5) is 16.1. The first kappa shape index (κ1) is 12.8. The summed E-state index contributed by atoms with van der Waals surface area (Å²) in [5, 5.41) is 0.973. The van der Waals surface area contributed by atoms with Gasteiger partial charge in [0.1, 0.15) is 0 Å². The molecule has 0 spiro atoms. The standard InChI is InChI=1S/C13H19BrN2O/c1-11-7-12(17)16(10-15-11)9-13(8-14)5-3-2-4-6-13/h7,10H,2-6,8-9H2,1H3. The van der Waals surface area contributed by atoms with Gasteiger partial charge in [-0.15, -0.1) is 0 Å². The molecule has 0 unspecified atom stereocenters. The van der Waals surface area contributed by atoms with Crippen molar-refractivity contribution in [3.63, 3.8) is 0 Å². The molecule has 0 bridgehead atoms.